The molecular weight excluding hydrogens is 581 g/mol. The maximum absolute atomic E-state index is 14.1. The minimum absolute atomic E-state index is 0.0545. The van der Waals surface area contributed by atoms with E-state index >= 15 is 0 Å². The van der Waals surface area contributed by atoms with Crippen LogP contribution in [0.2, 0.25) is 10.0 Å². The van der Waals surface area contributed by atoms with Crippen LogP contribution in [0.4, 0.5) is 5.69 Å². The molecule has 3 aromatic carbocycles. The van der Waals surface area contributed by atoms with Gasteiger partial charge in [-0.25, -0.2) is 8.42 Å². The van der Waals surface area contributed by atoms with Gasteiger partial charge in [-0.05, 0) is 80.3 Å². The Balaban J connectivity index is 2.06. The van der Waals surface area contributed by atoms with E-state index in [1.807, 2.05) is 20.8 Å². The fraction of sp³-hybridized carbons (Fsp3) is 0.355. The molecule has 10 heteroatoms. The van der Waals surface area contributed by atoms with Crippen LogP contribution >= 0.6 is 23.2 Å². The first kappa shape index (κ1) is 32.4. The zero-order valence-corrected chi connectivity index (χ0v) is 26.2. The molecule has 0 unspecified atom stereocenters. The molecule has 0 saturated carbocycles. The number of benzene rings is 3. The Morgan fingerprint density at radius 1 is 0.902 bits per heavy atom. The van der Waals surface area contributed by atoms with Gasteiger partial charge in [0.15, 0.2) is 0 Å². The molecule has 0 bridgehead atoms. The van der Waals surface area contributed by atoms with E-state index in [1.54, 1.807) is 61.5 Å². The summed E-state index contributed by atoms with van der Waals surface area (Å²) < 4.78 is 29.1. The van der Waals surface area contributed by atoms with Crippen LogP contribution in [0.5, 0.6) is 0 Å². The van der Waals surface area contributed by atoms with Crippen molar-refractivity contribution in [2.24, 2.45) is 0 Å². The van der Waals surface area contributed by atoms with E-state index in [-0.39, 0.29) is 17.3 Å². The summed E-state index contributed by atoms with van der Waals surface area (Å²) in [5, 5.41) is 3.92. The molecule has 3 aromatic rings. The lowest BCUT2D eigenvalue weighted by atomic mass is 10.1. The van der Waals surface area contributed by atoms with Crippen LogP contribution < -0.4 is 9.62 Å². The first-order valence-corrected chi connectivity index (χ1v) is 15.8. The lowest BCUT2D eigenvalue weighted by Gasteiger charge is -2.33. The number of anilines is 1. The maximum atomic E-state index is 14.1. The number of halogens is 2. The molecule has 0 aromatic heterocycles. The van der Waals surface area contributed by atoms with Gasteiger partial charge in [0.25, 0.3) is 10.0 Å². The average molecular weight is 619 g/mol. The molecule has 2 amide bonds. The van der Waals surface area contributed by atoms with Gasteiger partial charge in [0.2, 0.25) is 11.8 Å². The van der Waals surface area contributed by atoms with Crippen LogP contribution in [0.25, 0.3) is 0 Å². The molecule has 1 N–H and O–H groups in total. The van der Waals surface area contributed by atoms with E-state index in [2.05, 4.69) is 5.32 Å². The predicted molar refractivity (Wildman–Crippen MR) is 166 cm³/mol. The van der Waals surface area contributed by atoms with E-state index in [0.717, 1.165) is 28.3 Å². The minimum Gasteiger partial charge on any atom is -0.354 e. The second kappa shape index (κ2) is 14.7. The molecule has 0 aliphatic carbocycles. The van der Waals surface area contributed by atoms with Gasteiger partial charge >= 0.3 is 0 Å². The maximum Gasteiger partial charge on any atom is 0.264 e. The Morgan fingerprint density at radius 2 is 1.54 bits per heavy atom. The molecule has 0 heterocycles. The van der Waals surface area contributed by atoms with Gasteiger partial charge in [0.1, 0.15) is 12.6 Å². The Bertz CT molecular complexity index is 1450. The van der Waals surface area contributed by atoms with Gasteiger partial charge in [-0.2, -0.15) is 0 Å². The number of nitrogens with zero attached hydrogens (tertiary/aromatic N) is 2. The molecule has 0 aliphatic heterocycles. The zero-order valence-electron chi connectivity index (χ0n) is 23.9. The van der Waals surface area contributed by atoms with Crippen LogP contribution in [-0.2, 0) is 26.2 Å². The molecule has 0 fully saturated rings. The Kier molecular flexibility index (Phi) is 11.6. The molecule has 1 atom stereocenters. The van der Waals surface area contributed by atoms with E-state index in [4.69, 9.17) is 23.2 Å². The largest absolute Gasteiger partial charge is 0.354 e. The number of hydrogen-bond donors (Lipinski definition) is 1. The summed E-state index contributed by atoms with van der Waals surface area (Å²) in [5.41, 5.74) is 2.59. The van der Waals surface area contributed by atoms with Crippen LogP contribution in [-0.4, -0.2) is 44.3 Å². The van der Waals surface area contributed by atoms with Crippen molar-refractivity contribution in [3.05, 3.63) is 93.5 Å². The molecular formula is C31H37Cl2N3O4S. The number of hydrogen-bond acceptors (Lipinski definition) is 4. The molecule has 0 spiro atoms. The topological polar surface area (TPSA) is 86.8 Å². The standard InChI is InChI=1S/C31H37Cl2N3O4S/c1-5-7-18-34-31(38)28(6-2)35(20-24-10-12-25(32)13-11-24)30(37)21-36(29-17-14-26(33)19-23(29)4)41(39,40)27-15-8-22(3)9-16-27/h8-17,19,28H,5-7,18,20-21H2,1-4H3,(H,34,38)/t28-/m0/s1. The van der Waals surface area contributed by atoms with Crippen molar-refractivity contribution in [3.8, 4) is 0 Å². The Labute approximate surface area is 253 Å². The normalized spacial score (nSPS) is 12.0. The van der Waals surface area contributed by atoms with Crippen molar-refractivity contribution in [1.82, 2.24) is 10.2 Å². The average Bonchev–Trinajstić information content (AvgIpc) is 2.93. The molecule has 0 radical (unpaired) electrons. The lowest BCUT2D eigenvalue weighted by Crippen LogP contribution is -2.52. The van der Waals surface area contributed by atoms with Crippen molar-refractivity contribution in [2.45, 2.75) is 64.4 Å². The third-order valence-electron chi connectivity index (χ3n) is 6.80. The molecule has 7 nitrogen and oxygen atoms in total. The second-order valence-corrected chi connectivity index (χ2v) is 12.7. The van der Waals surface area contributed by atoms with Crippen LogP contribution in [0.3, 0.4) is 0 Å². The monoisotopic (exact) mass is 617 g/mol. The molecule has 3 rings (SSSR count). The predicted octanol–water partition coefficient (Wildman–Crippen LogP) is 6.53. The minimum atomic E-state index is -4.16. The summed E-state index contributed by atoms with van der Waals surface area (Å²) >= 11 is 12.3. The third-order valence-corrected chi connectivity index (χ3v) is 9.06. The summed E-state index contributed by atoms with van der Waals surface area (Å²) in [6, 6.07) is 17.5. The SMILES string of the molecule is CCCCNC(=O)[C@H](CC)N(Cc1ccc(Cl)cc1)C(=O)CN(c1ccc(Cl)cc1C)S(=O)(=O)c1ccc(C)cc1. The number of aryl methyl sites for hydroxylation is 2. The summed E-state index contributed by atoms with van der Waals surface area (Å²) in [4.78, 5) is 28.9. The van der Waals surface area contributed by atoms with Crippen molar-refractivity contribution < 1.29 is 18.0 Å². The summed E-state index contributed by atoms with van der Waals surface area (Å²) in [7, 11) is -4.16. The van der Waals surface area contributed by atoms with Gasteiger partial charge in [-0.3, -0.25) is 13.9 Å². The van der Waals surface area contributed by atoms with Crippen molar-refractivity contribution in [3.63, 3.8) is 0 Å². The fourth-order valence-corrected chi connectivity index (χ4v) is 6.29. The van der Waals surface area contributed by atoms with Crippen LogP contribution in [0.1, 0.15) is 49.8 Å². The van der Waals surface area contributed by atoms with E-state index in [9.17, 15) is 18.0 Å². The first-order valence-electron chi connectivity index (χ1n) is 13.6. The van der Waals surface area contributed by atoms with Crippen molar-refractivity contribution >= 4 is 50.7 Å². The van der Waals surface area contributed by atoms with Gasteiger partial charge < -0.3 is 10.2 Å². The first-order chi connectivity index (χ1) is 19.5. The van der Waals surface area contributed by atoms with E-state index in [0.29, 0.717) is 34.3 Å². The second-order valence-electron chi connectivity index (χ2n) is 9.97. The number of carbonyl (C=O) groups is 2. The van der Waals surface area contributed by atoms with Crippen molar-refractivity contribution in [2.75, 3.05) is 17.4 Å². The quantitative estimate of drug-likeness (QED) is 0.221. The molecule has 41 heavy (non-hydrogen) atoms. The van der Waals surface area contributed by atoms with E-state index in [1.165, 1.54) is 17.0 Å². The fourth-order valence-electron chi connectivity index (χ4n) is 4.46. The highest BCUT2D eigenvalue weighted by atomic mass is 35.5. The summed E-state index contributed by atoms with van der Waals surface area (Å²) in [5.74, 6) is -0.790. The Hall–Kier alpha value is -3.07. The number of nitrogens with one attached hydrogen (secondary N) is 1. The Morgan fingerprint density at radius 3 is 2.12 bits per heavy atom. The number of sulfonamides is 1. The van der Waals surface area contributed by atoms with Gasteiger partial charge in [-0.1, -0.05) is 73.3 Å². The van der Waals surface area contributed by atoms with E-state index < -0.39 is 28.5 Å². The number of rotatable bonds is 13. The van der Waals surface area contributed by atoms with Crippen molar-refractivity contribution in [1.29, 1.82) is 0 Å². The number of amides is 2. The molecule has 0 saturated heterocycles. The van der Waals surface area contributed by atoms with Crippen LogP contribution in [0, 0.1) is 13.8 Å². The number of carbonyl (C=O) groups excluding carboxylic acids is 2. The smallest absolute Gasteiger partial charge is 0.264 e. The molecule has 0 aliphatic rings. The van der Waals surface area contributed by atoms with Gasteiger partial charge in [0, 0.05) is 23.1 Å². The van der Waals surface area contributed by atoms with Gasteiger partial charge in [-0.15, -0.1) is 0 Å². The van der Waals surface area contributed by atoms with Gasteiger partial charge in [0.05, 0.1) is 10.6 Å². The number of unbranched alkanes of at least 4 members (excludes halogenated alkanes) is 1. The molecule has 220 valence electrons. The summed E-state index contributed by atoms with van der Waals surface area (Å²) in [6.45, 7) is 7.56. The third kappa shape index (κ3) is 8.47. The summed E-state index contributed by atoms with van der Waals surface area (Å²) in [6.07, 6.45) is 2.07. The lowest BCUT2D eigenvalue weighted by molar-refractivity contribution is -0.140. The highest BCUT2D eigenvalue weighted by Gasteiger charge is 2.34. The highest BCUT2D eigenvalue weighted by molar-refractivity contribution is 7.92. The highest BCUT2D eigenvalue weighted by Crippen LogP contribution is 2.30. The zero-order chi connectivity index (χ0) is 30.2. The van der Waals surface area contributed by atoms with Crippen LogP contribution in [0.15, 0.2) is 71.6 Å².